The zero-order valence-corrected chi connectivity index (χ0v) is 15.9. The third kappa shape index (κ3) is 2.96. The molecule has 2 atom stereocenters. The highest BCUT2D eigenvalue weighted by Crippen LogP contribution is 2.42. The van der Waals surface area contributed by atoms with E-state index in [9.17, 15) is 0 Å². The van der Waals surface area contributed by atoms with Crippen molar-refractivity contribution in [3.63, 3.8) is 0 Å². The number of hydrogen-bond acceptors (Lipinski definition) is 3. The molecule has 0 aliphatic carbocycles. The summed E-state index contributed by atoms with van der Waals surface area (Å²) in [5.41, 5.74) is 3.11. The van der Waals surface area contributed by atoms with Crippen molar-refractivity contribution in [1.29, 1.82) is 0 Å². The topological polar surface area (TPSA) is 41.3 Å². The molecule has 1 fully saturated rings. The Balaban J connectivity index is 1.82. The van der Waals surface area contributed by atoms with Crippen LogP contribution >= 0.6 is 28.1 Å². The Morgan fingerprint density at radius 1 is 1.20 bits per heavy atom. The van der Waals surface area contributed by atoms with Gasteiger partial charge in [0.25, 0.3) is 0 Å². The van der Waals surface area contributed by atoms with Gasteiger partial charge in [-0.25, -0.2) is 0 Å². The SMILES string of the molecule is Cc1cc(N2C(=S)N[C@H](c3ccccn3)[C@H]2c2ccco2)ccc1Br. The summed E-state index contributed by atoms with van der Waals surface area (Å²) in [5.74, 6) is 0.851. The van der Waals surface area contributed by atoms with E-state index in [0.29, 0.717) is 5.11 Å². The van der Waals surface area contributed by atoms with Crippen LogP contribution in [0.4, 0.5) is 5.69 Å². The second kappa shape index (κ2) is 6.61. The number of aromatic nitrogens is 1. The molecule has 0 saturated carbocycles. The Hall–Kier alpha value is -2.18. The van der Waals surface area contributed by atoms with Gasteiger partial charge in [0.15, 0.2) is 5.11 Å². The Morgan fingerprint density at radius 2 is 2.08 bits per heavy atom. The lowest BCUT2D eigenvalue weighted by molar-refractivity contribution is 0.432. The third-order valence-electron chi connectivity index (χ3n) is 4.35. The number of thiocarbonyl (C=S) groups is 1. The highest BCUT2D eigenvalue weighted by Gasteiger charge is 2.42. The maximum atomic E-state index is 5.74. The lowest BCUT2D eigenvalue weighted by atomic mass is 10.0. The fourth-order valence-electron chi connectivity index (χ4n) is 3.16. The van der Waals surface area contributed by atoms with Crippen molar-refractivity contribution in [2.24, 2.45) is 0 Å². The molecule has 3 heterocycles. The van der Waals surface area contributed by atoms with Crippen LogP contribution in [0.5, 0.6) is 0 Å². The van der Waals surface area contributed by atoms with E-state index in [4.69, 9.17) is 16.6 Å². The van der Waals surface area contributed by atoms with Crippen molar-refractivity contribution in [2.75, 3.05) is 4.90 Å². The summed E-state index contributed by atoms with van der Waals surface area (Å²) in [6.45, 7) is 2.07. The van der Waals surface area contributed by atoms with Gasteiger partial charge in [0.05, 0.1) is 18.0 Å². The standard InChI is InChI=1S/C19H16BrN3OS/c1-12-11-13(7-8-14(12)20)23-18(16-6-4-10-24-16)17(22-19(23)25)15-5-2-3-9-21-15/h2-11,17-18H,1H3,(H,22,25)/t17-,18-/m1/s1. The van der Waals surface area contributed by atoms with E-state index in [2.05, 4.69) is 50.2 Å². The van der Waals surface area contributed by atoms with Gasteiger partial charge < -0.3 is 14.6 Å². The Morgan fingerprint density at radius 3 is 2.76 bits per heavy atom. The molecule has 3 aromatic rings. The van der Waals surface area contributed by atoms with Crippen molar-refractivity contribution >= 4 is 38.9 Å². The minimum atomic E-state index is -0.0991. The van der Waals surface area contributed by atoms with E-state index in [1.807, 2.05) is 36.4 Å². The summed E-state index contributed by atoms with van der Waals surface area (Å²) in [6, 6.07) is 15.8. The van der Waals surface area contributed by atoms with Gasteiger partial charge in [-0.3, -0.25) is 4.98 Å². The number of halogens is 1. The van der Waals surface area contributed by atoms with E-state index in [0.717, 1.165) is 27.2 Å². The number of aryl methyl sites for hydroxylation is 1. The number of benzene rings is 1. The van der Waals surface area contributed by atoms with Crippen LogP contribution in [0.2, 0.25) is 0 Å². The van der Waals surface area contributed by atoms with E-state index in [1.165, 1.54) is 0 Å². The summed E-state index contributed by atoms with van der Waals surface area (Å²) in [5, 5.41) is 4.08. The highest BCUT2D eigenvalue weighted by atomic mass is 79.9. The van der Waals surface area contributed by atoms with Crippen molar-refractivity contribution in [1.82, 2.24) is 10.3 Å². The molecule has 1 aliphatic heterocycles. The number of nitrogens with zero attached hydrogens (tertiary/aromatic N) is 2. The highest BCUT2D eigenvalue weighted by molar-refractivity contribution is 9.10. The first-order valence-electron chi connectivity index (χ1n) is 7.95. The molecular weight excluding hydrogens is 398 g/mol. The predicted molar refractivity (Wildman–Crippen MR) is 106 cm³/mol. The van der Waals surface area contributed by atoms with Gasteiger partial charge in [-0.05, 0) is 67.2 Å². The average molecular weight is 414 g/mol. The van der Waals surface area contributed by atoms with Crippen LogP contribution in [0.25, 0.3) is 0 Å². The fourth-order valence-corrected chi connectivity index (χ4v) is 3.75. The molecule has 2 aromatic heterocycles. The van der Waals surface area contributed by atoms with Crippen LogP contribution in [0.15, 0.2) is 69.9 Å². The van der Waals surface area contributed by atoms with Gasteiger partial charge in [0, 0.05) is 16.4 Å². The maximum absolute atomic E-state index is 5.74. The van der Waals surface area contributed by atoms with Gasteiger partial charge in [-0.1, -0.05) is 22.0 Å². The molecule has 1 aromatic carbocycles. The summed E-state index contributed by atoms with van der Waals surface area (Å²) < 4.78 is 6.82. The van der Waals surface area contributed by atoms with Crippen LogP contribution in [0, 0.1) is 6.92 Å². The van der Waals surface area contributed by atoms with Gasteiger partial charge in [-0.15, -0.1) is 0 Å². The molecule has 1 saturated heterocycles. The Bertz CT molecular complexity index is 898. The largest absolute Gasteiger partial charge is 0.467 e. The van der Waals surface area contributed by atoms with Crippen LogP contribution in [-0.2, 0) is 0 Å². The summed E-state index contributed by atoms with van der Waals surface area (Å²) in [4.78, 5) is 6.62. The van der Waals surface area contributed by atoms with E-state index >= 15 is 0 Å². The van der Waals surface area contributed by atoms with Crippen molar-refractivity contribution in [3.05, 3.63) is 82.5 Å². The lowest BCUT2D eigenvalue weighted by Crippen LogP contribution is -2.29. The number of rotatable bonds is 3. The Kier molecular flexibility index (Phi) is 4.31. The monoisotopic (exact) mass is 413 g/mol. The first-order valence-corrected chi connectivity index (χ1v) is 9.15. The third-order valence-corrected chi connectivity index (χ3v) is 5.56. The first kappa shape index (κ1) is 16.3. The molecular formula is C19H16BrN3OS. The summed E-state index contributed by atoms with van der Waals surface area (Å²) in [6.07, 6.45) is 3.49. The molecule has 6 heteroatoms. The van der Waals surface area contributed by atoms with Gasteiger partial charge in [0.1, 0.15) is 11.8 Å². The second-order valence-electron chi connectivity index (χ2n) is 5.95. The molecule has 126 valence electrons. The quantitative estimate of drug-likeness (QED) is 0.616. The van der Waals surface area contributed by atoms with E-state index < -0.39 is 0 Å². The smallest absolute Gasteiger partial charge is 0.174 e. The number of nitrogens with one attached hydrogen (secondary N) is 1. The predicted octanol–water partition coefficient (Wildman–Crippen LogP) is 4.92. The molecule has 0 amide bonds. The number of furan rings is 1. The normalized spacial score (nSPS) is 19.9. The number of anilines is 1. The minimum Gasteiger partial charge on any atom is -0.467 e. The molecule has 25 heavy (non-hydrogen) atoms. The molecule has 0 unspecified atom stereocenters. The van der Waals surface area contributed by atoms with E-state index in [1.54, 1.807) is 12.5 Å². The maximum Gasteiger partial charge on any atom is 0.174 e. The lowest BCUT2D eigenvalue weighted by Gasteiger charge is -2.26. The Labute approximate surface area is 160 Å². The molecule has 1 aliphatic rings. The van der Waals surface area contributed by atoms with Crippen molar-refractivity contribution in [3.8, 4) is 0 Å². The van der Waals surface area contributed by atoms with E-state index in [-0.39, 0.29) is 12.1 Å². The van der Waals surface area contributed by atoms with Gasteiger partial charge in [0.2, 0.25) is 0 Å². The zero-order chi connectivity index (χ0) is 17.4. The van der Waals surface area contributed by atoms with Crippen LogP contribution in [0.1, 0.15) is 29.1 Å². The molecule has 0 spiro atoms. The van der Waals surface area contributed by atoms with Crippen molar-refractivity contribution in [2.45, 2.75) is 19.0 Å². The second-order valence-corrected chi connectivity index (χ2v) is 7.19. The average Bonchev–Trinajstić information content (AvgIpc) is 3.25. The number of hydrogen-bond donors (Lipinski definition) is 1. The minimum absolute atomic E-state index is 0.0798. The van der Waals surface area contributed by atoms with Crippen LogP contribution in [0.3, 0.4) is 0 Å². The zero-order valence-electron chi connectivity index (χ0n) is 13.5. The van der Waals surface area contributed by atoms with Crippen LogP contribution in [-0.4, -0.2) is 10.1 Å². The molecule has 4 rings (SSSR count). The molecule has 0 radical (unpaired) electrons. The van der Waals surface area contributed by atoms with Crippen molar-refractivity contribution < 1.29 is 4.42 Å². The number of pyridine rings is 1. The van der Waals surface area contributed by atoms with Crippen LogP contribution < -0.4 is 10.2 Å². The molecule has 0 bridgehead atoms. The van der Waals surface area contributed by atoms with Gasteiger partial charge >= 0.3 is 0 Å². The molecule has 4 nitrogen and oxygen atoms in total. The van der Waals surface area contributed by atoms with Gasteiger partial charge in [-0.2, -0.15) is 0 Å². The first-order chi connectivity index (χ1) is 12.1. The molecule has 1 N–H and O–H groups in total. The summed E-state index contributed by atoms with van der Waals surface area (Å²) in [7, 11) is 0. The summed E-state index contributed by atoms with van der Waals surface area (Å²) >= 11 is 9.22. The fraction of sp³-hybridized carbons (Fsp3) is 0.158.